The first-order valence-corrected chi connectivity index (χ1v) is 8.67. The summed E-state index contributed by atoms with van der Waals surface area (Å²) < 4.78 is 0. The average molecular weight is 337 g/mol. The molecule has 1 aromatic heterocycles. The Kier molecular flexibility index (Phi) is 5.43. The molecule has 0 bridgehead atoms. The van der Waals surface area contributed by atoms with Gasteiger partial charge in [0.15, 0.2) is 0 Å². The van der Waals surface area contributed by atoms with E-state index in [0.717, 1.165) is 11.3 Å². The van der Waals surface area contributed by atoms with E-state index in [-0.39, 0.29) is 17.7 Å². The van der Waals surface area contributed by atoms with Gasteiger partial charge >= 0.3 is 0 Å². The lowest BCUT2D eigenvalue weighted by Crippen LogP contribution is -2.43. The van der Waals surface area contributed by atoms with Gasteiger partial charge in [0, 0.05) is 37.4 Å². The molecule has 130 valence electrons. The molecule has 1 fully saturated rings. The molecule has 1 saturated heterocycles. The standard InChI is InChI=1S/C20H23N3O2/c1-15-7-8-18(14-21-15)20(25)23-11-9-17(10-12-23)19(24)22-13-16-5-3-2-4-6-16/h2-8,14,17H,9-13H2,1H3,(H,22,24). The molecule has 1 aromatic carbocycles. The first kappa shape index (κ1) is 17.1. The number of aryl methyl sites for hydroxylation is 1. The number of carbonyl (C=O) groups excluding carboxylic acids is 2. The number of nitrogens with one attached hydrogen (secondary N) is 1. The quantitative estimate of drug-likeness (QED) is 0.933. The second kappa shape index (κ2) is 7.92. The number of aromatic nitrogens is 1. The van der Waals surface area contributed by atoms with Crippen molar-refractivity contribution in [2.45, 2.75) is 26.3 Å². The monoisotopic (exact) mass is 337 g/mol. The molecular formula is C20H23N3O2. The highest BCUT2D eigenvalue weighted by molar-refractivity contribution is 5.94. The Labute approximate surface area is 148 Å². The van der Waals surface area contributed by atoms with Gasteiger partial charge in [-0.2, -0.15) is 0 Å². The molecule has 0 atom stereocenters. The van der Waals surface area contributed by atoms with E-state index in [1.807, 2.05) is 54.3 Å². The van der Waals surface area contributed by atoms with Crippen LogP contribution in [0.2, 0.25) is 0 Å². The van der Waals surface area contributed by atoms with Crippen LogP contribution in [0.3, 0.4) is 0 Å². The average Bonchev–Trinajstić information content (AvgIpc) is 2.67. The topological polar surface area (TPSA) is 62.3 Å². The van der Waals surface area contributed by atoms with E-state index in [2.05, 4.69) is 10.3 Å². The molecule has 0 unspecified atom stereocenters. The zero-order valence-corrected chi connectivity index (χ0v) is 14.4. The highest BCUT2D eigenvalue weighted by Crippen LogP contribution is 2.19. The number of piperidine rings is 1. The number of likely N-dealkylation sites (tertiary alicyclic amines) is 1. The van der Waals surface area contributed by atoms with Crippen molar-refractivity contribution < 1.29 is 9.59 Å². The van der Waals surface area contributed by atoms with E-state index in [0.29, 0.717) is 38.0 Å². The predicted molar refractivity (Wildman–Crippen MR) is 95.9 cm³/mol. The minimum Gasteiger partial charge on any atom is -0.352 e. The number of benzene rings is 1. The molecule has 2 aromatic rings. The fraction of sp³-hybridized carbons (Fsp3) is 0.350. The summed E-state index contributed by atoms with van der Waals surface area (Å²) in [4.78, 5) is 30.8. The molecule has 1 aliphatic heterocycles. The molecule has 25 heavy (non-hydrogen) atoms. The zero-order chi connectivity index (χ0) is 17.6. The minimum atomic E-state index is -0.0242. The van der Waals surface area contributed by atoms with E-state index >= 15 is 0 Å². The molecule has 0 spiro atoms. The van der Waals surface area contributed by atoms with Crippen LogP contribution in [0.4, 0.5) is 0 Å². The Bertz CT molecular complexity index is 720. The summed E-state index contributed by atoms with van der Waals surface area (Å²) in [6, 6.07) is 13.5. The third kappa shape index (κ3) is 4.44. The first-order valence-electron chi connectivity index (χ1n) is 8.67. The number of carbonyl (C=O) groups is 2. The maximum atomic E-state index is 12.5. The van der Waals surface area contributed by atoms with Gasteiger partial charge in [-0.25, -0.2) is 0 Å². The number of pyridine rings is 1. The molecule has 5 nitrogen and oxygen atoms in total. The molecule has 0 radical (unpaired) electrons. The van der Waals surface area contributed by atoms with Crippen LogP contribution < -0.4 is 5.32 Å². The maximum Gasteiger partial charge on any atom is 0.255 e. The second-order valence-electron chi connectivity index (χ2n) is 6.46. The van der Waals surface area contributed by atoms with Gasteiger partial charge in [0.1, 0.15) is 0 Å². The maximum absolute atomic E-state index is 12.5. The fourth-order valence-electron chi connectivity index (χ4n) is 3.05. The number of nitrogens with zero attached hydrogens (tertiary/aromatic N) is 2. The van der Waals surface area contributed by atoms with Gasteiger partial charge in [-0.15, -0.1) is 0 Å². The SMILES string of the molecule is Cc1ccc(C(=O)N2CCC(C(=O)NCc3ccccc3)CC2)cn1. The van der Waals surface area contributed by atoms with Crippen molar-refractivity contribution in [1.82, 2.24) is 15.2 Å². The second-order valence-corrected chi connectivity index (χ2v) is 6.46. The molecule has 1 N–H and O–H groups in total. The fourth-order valence-corrected chi connectivity index (χ4v) is 3.05. The van der Waals surface area contributed by atoms with Crippen LogP contribution in [0.1, 0.15) is 34.5 Å². The Morgan fingerprint density at radius 3 is 2.48 bits per heavy atom. The summed E-state index contributed by atoms with van der Waals surface area (Å²) in [5, 5.41) is 3.00. The summed E-state index contributed by atoms with van der Waals surface area (Å²) in [5.74, 6) is 0.0486. The Balaban J connectivity index is 1.48. The lowest BCUT2D eigenvalue weighted by Gasteiger charge is -2.31. The molecule has 2 amide bonds. The molecule has 1 aliphatic rings. The minimum absolute atomic E-state index is 0.00403. The normalized spacial score (nSPS) is 15.0. The molecule has 3 rings (SSSR count). The highest BCUT2D eigenvalue weighted by Gasteiger charge is 2.27. The van der Waals surface area contributed by atoms with Crippen molar-refractivity contribution in [2.24, 2.45) is 5.92 Å². The third-order valence-electron chi connectivity index (χ3n) is 4.62. The van der Waals surface area contributed by atoms with E-state index in [1.165, 1.54) is 0 Å². The van der Waals surface area contributed by atoms with Crippen LogP contribution in [0.25, 0.3) is 0 Å². The lowest BCUT2D eigenvalue weighted by molar-refractivity contribution is -0.126. The van der Waals surface area contributed by atoms with Crippen molar-refractivity contribution in [2.75, 3.05) is 13.1 Å². The number of rotatable bonds is 4. The Hall–Kier alpha value is -2.69. The summed E-state index contributed by atoms with van der Waals surface area (Å²) in [5.41, 5.74) is 2.60. The van der Waals surface area contributed by atoms with Gasteiger partial charge in [-0.3, -0.25) is 14.6 Å². The summed E-state index contributed by atoms with van der Waals surface area (Å²) in [6.07, 6.45) is 3.02. The first-order chi connectivity index (χ1) is 12.1. The highest BCUT2D eigenvalue weighted by atomic mass is 16.2. The van der Waals surface area contributed by atoms with Gasteiger partial charge in [-0.05, 0) is 37.5 Å². The summed E-state index contributed by atoms with van der Waals surface area (Å²) in [7, 11) is 0. The number of amides is 2. The molecule has 2 heterocycles. The summed E-state index contributed by atoms with van der Waals surface area (Å²) >= 11 is 0. The summed E-state index contributed by atoms with van der Waals surface area (Å²) in [6.45, 7) is 3.66. The van der Waals surface area contributed by atoms with Crippen LogP contribution in [0, 0.1) is 12.8 Å². The van der Waals surface area contributed by atoms with Gasteiger partial charge < -0.3 is 10.2 Å². The van der Waals surface area contributed by atoms with Crippen molar-refractivity contribution in [1.29, 1.82) is 0 Å². The number of hydrogen-bond acceptors (Lipinski definition) is 3. The Morgan fingerprint density at radius 2 is 1.84 bits per heavy atom. The van der Waals surface area contributed by atoms with E-state index in [4.69, 9.17) is 0 Å². The van der Waals surface area contributed by atoms with E-state index < -0.39 is 0 Å². The molecule has 0 aliphatic carbocycles. The van der Waals surface area contributed by atoms with E-state index in [9.17, 15) is 9.59 Å². The van der Waals surface area contributed by atoms with E-state index in [1.54, 1.807) is 6.20 Å². The predicted octanol–water partition coefficient (Wildman–Crippen LogP) is 2.56. The van der Waals surface area contributed by atoms with Crippen molar-refractivity contribution in [3.8, 4) is 0 Å². The van der Waals surface area contributed by atoms with Crippen LogP contribution in [-0.2, 0) is 11.3 Å². The van der Waals surface area contributed by atoms with Crippen molar-refractivity contribution >= 4 is 11.8 Å². The number of hydrogen-bond donors (Lipinski definition) is 1. The van der Waals surface area contributed by atoms with Gasteiger partial charge in [0.2, 0.25) is 5.91 Å². The third-order valence-corrected chi connectivity index (χ3v) is 4.62. The van der Waals surface area contributed by atoms with Crippen LogP contribution in [0.5, 0.6) is 0 Å². The van der Waals surface area contributed by atoms with Crippen LogP contribution in [-0.4, -0.2) is 34.8 Å². The van der Waals surface area contributed by atoms with Gasteiger partial charge in [0.25, 0.3) is 5.91 Å². The van der Waals surface area contributed by atoms with Crippen molar-refractivity contribution in [3.05, 3.63) is 65.5 Å². The van der Waals surface area contributed by atoms with Crippen LogP contribution in [0.15, 0.2) is 48.7 Å². The molecular weight excluding hydrogens is 314 g/mol. The van der Waals surface area contributed by atoms with Crippen molar-refractivity contribution in [3.63, 3.8) is 0 Å². The Morgan fingerprint density at radius 1 is 1.12 bits per heavy atom. The lowest BCUT2D eigenvalue weighted by atomic mass is 9.95. The molecule has 5 heteroatoms. The smallest absolute Gasteiger partial charge is 0.255 e. The van der Waals surface area contributed by atoms with Crippen LogP contribution >= 0.6 is 0 Å². The molecule has 0 saturated carbocycles. The van der Waals surface area contributed by atoms with Gasteiger partial charge in [-0.1, -0.05) is 30.3 Å². The zero-order valence-electron chi connectivity index (χ0n) is 14.4. The largest absolute Gasteiger partial charge is 0.352 e. The van der Waals surface area contributed by atoms with Gasteiger partial charge in [0.05, 0.1) is 5.56 Å².